The van der Waals surface area contributed by atoms with E-state index in [1.54, 1.807) is 12.3 Å². The lowest BCUT2D eigenvalue weighted by atomic mass is 10.0. The van der Waals surface area contributed by atoms with Gasteiger partial charge < -0.3 is 15.0 Å². The average Bonchev–Trinajstić information content (AvgIpc) is 2.90. The van der Waals surface area contributed by atoms with E-state index in [1.807, 2.05) is 22.7 Å². The van der Waals surface area contributed by atoms with Crippen LogP contribution in [0.4, 0.5) is 0 Å². The van der Waals surface area contributed by atoms with E-state index in [-0.39, 0.29) is 0 Å². The molecule has 112 valence electrons. The Kier molecular flexibility index (Phi) is 3.69. The highest BCUT2D eigenvalue weighted by molar-refractivity contribution is 5.94. The van der Waals surface area contributed by atoms with E-state index in [0.29, 0.717) is 5.56 Å². The molecule has 0 bridgehead atoms. The summed E-state index contributed by atoms with van der Waals surface area (Å²) in [6, 6.07) is 14.3. The summed E-state index contributed by atoms with van der Waals surface area (Å²) in [6.07, 6.45) is 3.81. The van der Waals surface area contributed by atoms with Crippen molar-refractivity contribution in [2.75, 3.05) is 14.1 Å². The lowest BCUT2D eigenvalue weighted by Crippen LogP contribution is -2.11. The first-order valence-corrected chi connectivity index (χ1v) is 7.19. The van der Waals surface area contributed by atoms with Gasteiger partial charge in [-0.3, -0.25) is 4.79 Å². The Bertz CT molecular complexity index is 833. The fourth-order valence-electron chi connectivity index (χ4n) is 2.68. The number of amides is 1. The van der Waals surface area contributed by atoms with Gasteiger partial charge in [-0.2, -0.15) is 0 Å². The molecular weight excluding hydrogens is 274 g/mol. The van der Waals surface area contributed by atoms with Gasteiger partial charge in [-0.1, -0.05) is 30.3 Å². The quantitative estimate of drug-likeness (QED) is 0.804. The van der Waals surface area contributed by atoms with Crippen LogP contribution >= 0.6 is 0 Å². The van der Waals surface area contributed by atoms with E-state index in [0.717, 1.165) is 17.6 Å². The van der Waals surface area contributed by atoms with Crippen molar-refractivity contribution in [3.63, 3.8) is 0 Å². The summed E-state index contributed by atoms with van der Waals surface area (Å²) in [7, 11) is 4.12. The minimum absolute atomic E-state index is 0.404. The Morgan fingerprint density at radius 2 is 1.91 bits per heavy atom. The van der Waals surface area contributed by atoms with Crippen molar-refractivity contribution in [3.8, 4) is 11.1 Å². The Morgan fingerprint density at radius 1 is 1.14 bits per heavy atom. The highest BCUT2D eigenvalue weighted by Gasteiger charge is 2.08. The number of hydrogen-bond donors (Lipinski definition) is 1. The minimum Gasteiger partial charge on any atom is -0.366 e. The number of carbonyl (C=O) groups is 1. The first kappa shape index (κ1) is 14.4. The van der Waals surface area contributed by atoms with Crippen LogP contribution in [0.1, 0.15) is 15.9 Å². The van der Waals surface area contributed by atoms with E-state index >= 15 is 0 Å². The van der Waals surface area contributed by atoms with E-state index in [1.165, 1.54) is 11.1 Å². The van der Waals surface area contributed by atoms with Gasteiger partial charge in [0.1, 0.15) is 0 Å². The van der Waals surface area contributed by atoms with Crippen LogP contribution in [0.3, 0.4) is 0 Å². The van der Waals surface area contributed by atoms with Crippen LogP contribution in [0.15, 0.2) is 54.9 Å². The van der Waals surface area contributed by atoms with Crippen LogP contribution in [-0.2, 0) is 6.54 Å². The first-order valence-electron chi connectivity index (χ1n) is 7.19. The molecule has 0 radical (unpaired) electrons. The zero-order valence-electron chi connectivity index (χ0n) is 12.8. The second kappa shape index (κ2) is 5.66. The molecule has 0 spiro atoms. The molecule has 2 N–H and O–H groups in total. The monoisotopic (exact) mass is 293 g/mol. The molecule has 0 saturated heterocycles. The van der Waals surface area contributed by atoms with E-state index in [9.17, 15) is 4.79 Å². The topological polar surface area (TPSA) is 50.7 Å². The van der Waals surface area contributed by atoms with Gasteiger partial charge in [0.25, 0.3) is 0 Å². The zero-order chi connectivity index (χ0) is 15.7. The number of benzene rings is 1. The van der Waals surface area contributed by atoms with E-state index in [4.69, 9.17) is 5.73 Å². The fraction of sp³-hybridized carbons (Fsp3) is 0.167. The van der Waals surface area contributed by atoms with Crippen LogP contribution in [0.25, 0.3) is 16.6 Å². The second-order valence-corrected chi connectivity index (χ2v) is 5.74. The maximum atomic E-state index is 11.3. The molecule has 1 aromatic carbocycles. The van der Waals surface area contributed by atoms with E-state index < -0.39 is 5.91 Å². The molecule has 0 saturated carbocycles. The number of primary amides is 1. The normalized spacial score (nSPS) is 11.2. The lowest BCUT2D eigenvalue weighted by Gasteiger charge is -2.14. The van der Waals surface area contributed by atoms with Gasteiger partial charge in [0.05, 0.1) is 5.56 Å². The maximum absolute atomic E-state index is 11.3. The molecule has 0 aliphatic carbocycles. The standard InChI is InChI=1S/C18H19N3O/c1-20(2)10-13-5-3-4-6-17(13)14-7-8-16-9-15(18(19)22)12-21(16)11-14/h3-9,11-12H,10H2,1-2H3,(H2,19,22). The Balaban J connectivity index is 2.08. The molecule has 0 atom stereocenters. The van der Waals surface area contributed by atoms with Crippen molar-refractivity contribution in [1.82, 2.24) is 9.30 Å². The summed E-state index contributed by atoms with van der Waals surface area (Å²) in [5.74, 6) is -0.404. The first-order chi connectivity index (χ1) is 10.5. The van der Waals surface area contributed by atoms with Crippen LogP contribution in [0.5, 0.6) is 0 Å². The fourth-order valence-corrected chi connectivity index (χ4v) is 2.68. The van der Waals surface area contributed by atoms with Crippen LogP contribution < -0.4 is 5.73 Å². The SMILES string of the molecule is CN(C)Cc1ccccc1-c1ccc2cc(C(N)=O)cn2c1. The lowest BCUT2D eigenvalue weighted by molar-refractivity contribution is 0.100. The molecular formula is C18H19N3O. The smallest absolute Gasteiger partial charge is 0.250 e. The molecule has 0 unspecified atom stereocenters. The summed E-state index contributed by atoms with van der Waals surface area (Å²) in [4.78, 5) is 13.5. The van der Waals surface area contributed by atoms with Crippen LogP contribution in [-0.4, -0.2) is 29.3 Å². The van der Waals surface area contributed by atoms with Crippen molar-refractivity contribution in [2.45, 2.75) is 6.54 Å². The number of nitrogens with two attached hydrogens (primary N) is 1. The summed E-state index contributed by atoms with van der Waals surface area (Å²) in [5, 5.41) is 0. The van der Waals surface area contributed by atoms with Gasteiger partial charge >= 0.3 is 0 Å². The molecule has 22 heavy (non-hydrogen) atoms. The molecule has 0 aliphatic rings. The Hall–Kier alpha value is -2.59. The number of rotatable bonds is 4. The van der Waals surface area contributed by atoms with Gasteiger partial charge in [0, 0.05) is 24.5 Å². The summed E-state index contributed by atoms with van der Waals surface area (Å²) < 4.78 is 1.95. The number of aromatic nitrogens is 1. The van der Waals surface area contributed by atoms with Crippen LogP contribution in [0.2, 0.25) is 0 Å². The highest BCUT2D eigenvalue weighted by Crippen LogP contribution is 2.25. The molecule has 3 aromatic rings. The predicted molar refractivity (Wildman–Crippen MR) is 88.7 cm³/mol. The van der Waals surface area contributed by atoms with Gasteiger partial charge in [-0.25, -0.2) is 0 Å². The third kappa shape index (κ3) is 2.73. The second-order valence-electron chi connectivity index (χ2n) is 5.74. The molecule has 1 amide bonds. The molecule has 0 aliphatic heterocycles. The number of carbonyl (C=O) groups excluding carboxylic acids is 1. The van der Waals surface area contributed by atoms with Gasteiger partial charge in [0.2, 0.25) is 5.91 Å². The summed E-state index contributed by atoms with van der Waals surface area (Å²) in [5.41, 5.74) is 10.4. The summed E-state index contributed by atoms with van der Waals surface area (Å²) >= 11 is 0. The Labute approximate surface area is 129 Å². The molecule has 2 heterocycles. The number of hydrogen-bond acceptors (Lipinski definition) is 2. The molecule has 4 heteroatoms. The third-order valence-corrected chi connectivity index (χ3v) is 3.69. The third-order valence-electron chi connectivity index (χ3n) is 3.69. The molecule has 2 aromatic heterocycles. The van der Waals surface area contributed by atoms with E-state index in [2.05, 4.69) is 43.3 Å². The predicted octanol–water partition coefficient (Wildman–Crippen LogP) is 2.77. The van der Waals surface area contributed by atoms with Gasteiger partial charge in [0.15, 0.2) is 0 Å². The number of pyridine rings is 1. The molecule has 3 rings (SSSR count). The molecule has 0 fully saturated rings. The van der Waals surface area contributed by atoms with Crippen molar-refractivity contribution in [1.29, 1.82) is 0 Å². The van der Waals surface area contributed by atoms with Crippen molar-refractivity contribution < 1.29 is 4.79 Å². The highest BCUT2D eigenvalue weighted by atomic mass is 16.1. The molecule has 4 nitrogen and oxygen atoms in total. The van der Waals surface area contributed by atoms with Crippen LogP contribution in [0, 0.1) is 0 Å². The average molecular weight is 293 g/mol. The largest absolute Gasteiger partial charge is 0.366 e. The van der Waals surface area contributed by atoms with Crippen molar-refractivity contribution in [2.24, 2.45) is 5.73 Å². The Morgan fingerprint density at radius 3 is 2.64 bits per heavy atom. The number of fused-ring (bicyclic) bond motifs is 1. The number of nitrogens with zero attached hydrogens (tertiary/aromatic N) is 2. The van der Waals surface area contributed by atoms with Gasteiger partial charge in [-0.15, -0.1) is 0 Å². The van der Waals surface area contributed by atoms with Crippen molar-refractivity contribution in [3.05, 3.63) is 66.0 Å². The van der Waals surface area contributed by atoms with Gasteiger partial charge in [-0.05, 0) is 42.9 Å². The summed E-state index contributed by atoms with van der Waals surface area (Å²) in [6.45, 7) is 0.881. The minimum atomic E-state index is -0.404. The maximum Gasteiger partial charge on any atom is 0.250 e. The zero-order valence-corrected chi connectivity index (χ0v) is 12.8. The van der Waals surface area contributed by atoms with Crippen molar-refractivity contribution >= 4 is 11.4 Å².